The van der Waals surface area contributed by atoms with Crippen LogP contribution in [0.2, 0.25) is 0 Å². The van der Waals surface area contributed by atoms with Crippen LogP contribution in [-0.4, -0.2) is 22.1 Å². The molecular weight excluding hydrogens is 233 g/mol. The van der Waals surface area contributed by atoms with Gasteiger partial charge in [0.15, 0.2) is 0 Å². The first-order valence-electron chi connectivity index (χ1n) is 5.91. The molecule has 1 aromatic carbocycles. The summed E-state index contributed by atoms with van der Waals surface area (Å²) in [6.07, 6.45) is 0.745. The van der Waals surface area contributed by atoms with Gasteiger partial charge in [-0.15, -0.1) is 10.2 Å². The van der Waals surface area contributed by atoms with E-state index in [1.165, 1.54) is 12.1 Å². The van der Waals surface area contributed by atoms with Crippen molar-refractivity contribution in [2.24, 2.45) is 0 Å². The molecule has 0 aliphatic heterocycles. The number of rotatable bonds is 5. The molecule has 0 atom stereocenters. The fourth-order valence-corrected chi connectivity index (χ4v) is 1.68. The first-order valence-corrected chi connectivity index (χ1v) is 5.91. The third-order valence-electron chi connectivity index (χ3n) is 2.58. The Kier molecular flexibility index (Phi) is 4.04. The van der Waals surface area contributed by atoms with E-state index in [2.05, 4.69) is 10.2 Å². The molecule has 0 unspecified atom stereocenters. The van der Waals surface area contributed by atoms with E-state index in [-0.39, 0.29) is 5.82 Å². The summed E-state index contributed by atoms with van der Waals surface area (Å²) in [6.45, 7) is 3.27. The van der Waals surface area contributed by atoms with E-state index in [4.69, 9.17) is 4.42 Å². The average molecular weight is 249 g/mol. The van der Waals surface area contributed by atoms with Crippen LogP contribution in [0.1, 0.15) is 24.3 Å². The Labute approximate surface area is 105 Å². The van der Waals surface area contributed by atoms with Crippen molar-refractivity contribution in [2.75, 3.05) is 7.05 Å². The molecule has 5 heteroatoms. The Hall–Kier alpha value is -1.75. The number of hydrogen-bond donors (Lipinski definition) is 0. The molecule has 2 aromatic rings. The maximum absolute atomic E-state index is 12.8. The molecule has 0 saturated carbocycles. The molecule has 0 aliphatic rings. The van der Waals surface area contributed by atoms with Gasteiger partial charge in [0.25, 0.3) is 0 Å². The third-order valence-corrected chi connectivity index (χ3v) is 2.58. The fourth-order valence-electron chi connectivity index (χ4n) is 1.68. The first kappa shape index (κ1) is 12.7. The predicted molar refractivity (Wildman–Crippen MR) is 65.2 cm³/mol. The van der Waals surface area contributed by atoms with Gasteiger partial charge in [-0.1, -0.05) is 19.1 Å². The zero-order valence-electron chi connectivity index (χ0n) is 10.6. The molecule has 4 nitrogen and oxygen atoms in total. The topological polar surface area (TPSA) is 42.2 Å². The van der Waals surface area contributed by atoms with Crippen molar-refractivity contribution in [1.29, 1.82) is 0 Å². The fraction of sp³-hybridized carbons (Fsp3) is 0.385. The Balaban J connectivity index is 1.91. The summed E-state index contributed by atoms with van der Waals surface area (Å²) < 4.78 is 18.2. The summed E-state index contributed by atoms with van der Waals surface area (Å²) in [7, 11) is 1.96. The summed E-state index contributed by atoms with van der Waals surface area (Å²) in [4.78, 5) is 2.04. The van der Waals surface area contributed by atoms with E-state index in [1.807, 2.05) is 18.9 Å². The number of aryl methyl sites for hydroxylation is 1. The van der Waals surface area contributed by atoms with E-state index in [0.717, 1.165) is 12.0 Å². The molecule has 2 rings (SSSR count). The van der Waals surface area contributed by atoms with Gasteiger partial charge in [-0.25, -0.2) is 4.39 Å². The highest BCUT2D eigenvalue weighted by molar-refractivity contribution is 5.15. The molecule has 0 radical (unpaired) electrons. The molecule has 0 bridgehead atoms. The van der Waals surface area contributed by atoms with Gasteiger partial charge in [-0.2, -0.15) is 0 Å². The Morgan fingerprint density at radius 1 is 1.11 bits per heavy atom. The van der Waals surface area contributed by atoms with Crippen molar-refractivity contribution in [1.82, 2.24) is 15.1 Å². The lowest BCUT2D eigenvalue weighted by Crippen LogP contribution is -2.17. The van der Waals surface area contributed by atoms with Crippen LogP contribution in [0, 0.1) is 5.82 Å². The molecule has 0 fully saturated rings. The summed E-state index contributed by atoms with van der Waals surface area (Å²) in [6, 6.07) is 6.48. The maximum Gasteiger partial charge on any atom is 0.230 e. The van der Waals surface area contributed by atoms with Crippen molar-refractivity contribution < 1.29 is 8.81 Å². The van der Waals surface area contributed by atoms with Crippen LogP contribution >= 0.6 is 0 Å². The number of hydrogen-bond acceptors (Lipinski definition) is 4. The molecule has 0 amide bonds. The number of halogens is 1. The molecule has 0 N–H and O–H groups in total. The quantitative estimate of drug-likeness (QED) is 0.816. The summed E-state index contributed by atoms with van der Waals surface area (Å²) >= 11 is 0. The monoisotopic (exact) mass is 249 g/mol. The SMILES string of the molecule is CCc1nnc(CN(C)Cc2ccc(F)cc2)o1. The minimum Gasteiger partial charge on any atom is -0.424 e. The Bertz CT molecular complexity index is 495. The Morgan fingerprint density at radius 3 is 2.39 bits per heavy atom. The van der Waals surface area contributed by atoms with Crippen LogP contribution in [0.3, 0.4) is 0 Å². The smallest absolute Gasteiger partial charge is 0.230 e. The summed E-state index contributed by atoms with van der Waals surface area (Å²) in [5, 5.41) is 7.88. The van der Waals surface area contributed by atoms with Crippen LogP contribution < -0.4 is 0 Å². The van der Waals surface area contributed by atoms with Gasteiger partial charge in [0.05, 0.1) is 6.54 Å². The van der Waals surface area contributed by atoms with Crippen molar-refractivity contribution in [3.05, 3.63) is 47.4 Å². The van der Waals surface area contributed by atoms with Crippen LogP contribution in [0.5, 0.6) is 0 Å². The highest BCUT2D eigenvalue weighted by Gasteiger charge is 2.08. The van der Waals surface area contributed by atoms with Gasteiger partial charge in [-0.3, -0.25) is 4.90 Å². The van der Waals surface area contributed by atoms with Crippen LogP contribution in [0.4, 0.5) is 4.39 Å². The maximum atomic E-state index is 12.8. The van der Waals surface area contributed by atoms with Crippen molar-refractivity contribution >= 4 is 0 Å². The van der Waals surface area contributed by atoms with E-state index in [0.29, 0.717) is 24.9 Å². The number of nitrogens with zero attached hydrogens (tertiary/aromatic N) is 3. The third kappa shape index (κ3) is 3.37. The largest absolute Gasteiger partial charge is 0.424 e. The molecule has 0 spiro atoms. The predicted octanol–water partition coefficient (Wildman–Crippen LogP) is 2.40. The van der Waals surface area contributed by atoms with Crippen LogP contribution in [0.15, 0.2) is 28.7 Å². The molecule has 0 saturated heterocycles. The second-order valence-corrected chi connectivity index (χ2v) is 4.24. The van der Waals surface area contributed by atoms with Gasteiger partial charge in [0.1, 0.15) is 5.82 Å². The standard InChI is InChI=1S/C13H16FN3O/c1-3-12-15-16-13(18-12)9-17(2)8-10-4-6-11(14)7-5-10/h4-7H,3,8-9H2,1-2H3. The number of aromatic nitrogens is 2. The molecule has 18 heavy (non-hydrogen) atoms. The van der Waals surface area contributed by atoms with Gasteiger partial charge >= 0.3 is 0 Å². The van der Waals surface area contributed by atoms with E-state index < -0.39 is 0 Å². The van der Waals surface area contributed by atoms with Gasteiger partial charge in [0.2, 0.25) is 11.8 Å². The Morgan fingerprint density at radius 2 is 1.78 bits per heavy atom. The first-order chi connectivity index (χ1) is 8.67. The summed E-state index contributed by atoms with van der Waals surface area (Å²) in [5.41, 5.74) is 1.05. The molecule has 0 aliphatic carbocycles. The van der Waals surface area contributed by atoms with E-state index >= 15 is 0 Å². The minimum atomic E-state index is -0.217. The molecule has 96 valence electrons. The lowest BCUT2D eigenvalue weighted by Gasteiger charge is -2.14. The lowest BCUT2D eigenvalue weighted by atomic mass is 10.2. The summed E-state index contributed by atoms with van der Waals surface area (Å²) in [5.74, 6) is 1.04. The molecule has 1 aromatic heterocycles. The zero-order chi connectivity index (χ0) is 13.0. The molecular formula is C13H16FN3O. The number of benzene rings is 1. The van der Waals surface area contributed by atoms with Crippen molar-refractivity contribution in [3.63, 3.8) is 0 Å². The van der Waals surface area contributed by atoms with Crippen LogP contribution in [-0.2, 0) is 19.5 Å². The van der Waals surface area contributed by atoms with Gasteiger partial charge in [-0.05, 0) is 24.7 Å². The van der Waals surface area contributed by atoms with E-state index in [9.17, 15) is 4.39 Å². The zero-order valence-corrected chi connectivity index (χ0v) is 10.6. The second-order valence-electron chi connectivity index (χ2n) is 4.24. The normalized spacial score (nSPS) is 11.1. The van der Waals surface area contributed by atoms with E-state index in [1.54, 1.807) is 12.1 Å². The van der Waals surface area contributed by atoms with Gasteiger partial charge < -0.3 is 4.42 Å². The van der Waals surface area contributed by atoms with Gasteiger partial charge in [0, 0.05) is 13.0 Å². The van der Waals surface area contributed by atoms with Crippen LogP contribution in [0.25, 0.3) is 0 Å². The average Bonchev–Trinajstić information content (AvgIpc) is 2.79. The highest BCUT2D eigenvalue weighted by Crippen LogP contribution is 2.09. The highest BCUT2D eigenvalue weighted by atomic mass is 19.1. The minimum absolute atomic E-state index is 0.217. The van der Waals surface area contributed by atoms with Crippen molar-refractivity contribution in [3.8, 4) is 0 Å². The lowest BCUT2D eigenvalue weighted by molar-refractivity contribution is 0.277. The second kappa shape index (κ2) is 5.73. The molecule has 1 heterocycles. The van der Waals surface area contributed by atoms with Crippen molar-refractivity contribution in [2.45, 2.75) is 26.4 Å².